The van der Waals surface area contributed by atoms with Crippen LogP contribution in [-0.4, -0.2) is 58.4 Å². The van der Waals surface area contributed by atoms with Gasteiger partial charge in [-0.05, 0) is 35.4 Å². The summed E-state index contributed by atoms with van der Waals surface area (Å²) in [7, 11) is 1.68. The van der Waals surface area contributed by atoms with Crippen molar-refractivity contribution in [2.24, 2.45) is 0 Å². The summed E-state index contributed by atoms with van der Waals surface area (Å²) < 4.78 is 7.69. The number of fused-ring (bicyclic) bond motifs is 1. The van der Waals surface area contributed by atoms with Crippen LogP contribution in [-0.2, 0) is 11.3 Å². The number of methoxy groups -OCH3 is 1. The van der Waals surface area contributed by atoms with Gasteiger partial charge in [0.15, 0.2) is 0 Å². The molecule has 1 saturated heterocycles. The van der Waals surface area contributed by atoms with E-state index in [1.165, 1.54) is 5.56 Å². The number of hydrogen-bond acceptors (Lipinski definition) is 4. The number of carbonyl (C=O) groups is 1. The van der Waals surface area contributed by atoms with Crippen molar-refractivity contribution in [1.29, 1.82) is 0 Å². The highest BCUT2D eigenvalue weighted by atomic mass is 16.5. The number of rotatable bonds is 5. The van der Waals surface area contributed by atoms with Crippen LogP contribution in [0.2, 0.25) is 0 Å². The first-order chi connectivity index (χ1) is 16.1. The van der Waals surface area contributed by atoms with Crippen LogP contribution in [0.5, 0.6) is 5.75 Å². The molecule has 4 aromatic rings. The molecule has 1 aliphatic rings. The van der Waals surface area contributed by atoms with Crippen LogP contribution < -0.4 is 4.74 Å². The van der Waals surface area contributed by atoms with Crippen molar-refractivity contribution in [3.8, 4) is 28.1 Å². The second-order valence-corrected chi connectivity index (χ2v) is 8.43. The second-order valence-electron chi connectivity index (χ2n) is 8.43. The van der Waals surface area contributed by atoms with Crippen molar-refractivity contribution < 1.29 is 9.53 Å². The van der Waals surface area contributed by atoms with Gasteiger partial charge >= 0.3 is 0 Å². The Labute approximate surface area is 194 Å². The van der Waals surface area contributed by atoms with E-state index in [1.807, 2.05) is 29.2 Å². The van der Waals surface area contributed by atoms with Gasteiger partial charge < -0.3 is 14.0 Å². The van der Waals surface area contributed by atoms with E-state index in [0.717, 1.165) is 66.6 Å². The van der Waals surface area contributed by atoms with E-state index in [1.54, 1.807) is 14.0 Å². The lowest BCUT2D eigenvalue weighted by atomic mass is 10.1. The van der Waals surface area contributed by atoms with Gasteiger partial charge in [0, 0.05) is 51.4 Å². The van der Waals surface area contributed by atoms with Crippen molar-refractivity contribution in [2.75, 3.05) is 33.3 Å². The van der Waals surface area contributed by atoms with Crippen molar-refractivity contribution in [3.05, 3.63) is 78.6 Å². The van der Waals surface area contributed by atoms with Gasteiger partial charge in [0.25, 0.3) is 0 Å². The van der Waals surface area contributed by atoms with Crippen molar-refractivity contribution in [2.45, 2.75) is 13.5 Å². The SMILES string of the molecule is COc1cccc(-c2nc3ccc(-c4ccccc4)cn3c2CN2CCN(C(C)=O)CC2)c1. The van der Waals surface area contributed by atoms with E-state index in [-0.39, 0.29) is 5.91 Å². The predicted octanol–water partition coefficient (Wildman–Crippen LogP) is 4.34. The lowest BCUT2D eigenvalue weighted by Crippen LogP contribution is -2.47. The number of nitrogens with zero attached hydrogens (tertiary/aromatic N) is 4. The molecule has 5 rings (SSSR count). The van der Waals surface area contributed by atoms with Crippen molar-refractivity contribution in [1.82, 2.24) is 19.2 Å². The van der Waals surface area contributed by atoms with Gasteiger partial charge in [0.1, 0.15) is 11.4 Å². The van der Waals surface area contributed by atoms with Gasteiger partial charge in [-0.15, -0.1) is 0 Å². The first-order valence-corrected chi connectivity index (χ1v) is 11.3. The zero-order chi connectivity index (χ0) is 22.8. The molecule has 1 amide bonds. The third-order valence-corrected chi connectivity index (χ3v) is 6.36. The summed E-state index contributed by atoms with van der Waals surface area (Å²) in [6.07, 6.45) is 2.18. The van der Waals surface area contributed by atoms with Crippen LogP contribution in [0.15, 0.2) is 72.9 Å². The lowest BCUT2D eigenvalue weighted by Gasteiger charge is -2.34. The van der Waals surface area contributed by atoms with Crippen LogP contribution in [0.1, 0.15) is 12.6 Å². The third kappa shape index (κ3) is 4.34. The van der Waals surface area contributed by atoms with E-state index >= 15 is 0 Å². The van der Waals surface area contributed by atoms with Crippen LogP contribution in [0.25, 0.3) is 28.0 Å². The number of imidazole rings is 1. The Kier molecular flexibility index (Phi) is 5.84. The molecule has 2 aromatic heterocycles. The molecule has 168 valence electrons. The number of benzene rings is 2. The van der Waals surface area contributed by atoms with Crippen LogP contribution in [0.3, 0.4) is 0 Å². The number of piperazine rings is 1. The Bertz CT molecular complexity index is 1270. The van der Waals surface area contributed by atoms with E-state index in [2.05, 4.69) is 58.0 Å². The molecule has 0 aliphatic carbocycles. The van der Waals surface area contributed by atoms with Gasteiger partial charge in [-0.2, -0.15) is 0 Å². The Morgan fingerprint density at radius 3 is 2.39 bits per heavy atom. The monoisotopic (exact) mass is 440 g/mol. The smallest absolute Gasteiger partial charge is 0.219 e. The summed E-state index contributed by atoms with van der Waals surface area (Å²) in [5.74, 6) is 0.963. The van der Waals surface area contributed by atoms with Crippen molar-refractivity contribution >= 4 is 11.6 Å². The molecule has 1 fully saturated rings. The molecular weight excluding hydrogens is 412 g/mol. The maximum atomic E-state index is 11.8. The molecular formula is C27H28N4O2. The van der Waals surface area contributed by atoms with Gasteiger partial charge in [-0.3, -0.25) is 9.69 Å². The molecule has 0 N–H and O–H groups in total. The number of amides is 1. The van der Waals surface area contributed by atoms with E-state index in [0.29, 0.717) is 0 Å². The summed E-state index contributed by atoms with van der Waals surface area (Å²) in [5, 5.41) is 0. The molecule has 0 spiro atoms. The molecule has 3 heterocycles. The molecule has 6 nitrogen and oxygen atoms in total. The topological polar surface area (TPSA) is 50.1 Å². The highest BCUT2D eigenvalue weighted by molar-refractivity contribution is 5.73. The van der Waals surface area contributed by atoms with Crippen LogP contribution >= 0.6 is 0 Å². The lowest BCUT2D eigenvalue weighted by molar-refractivity contribution is -0.130. The minimum Gasteiger partial charge on any atom is -0.497 e. The third-order valence-electron chi connectivity index (χ3n) is 6.36. The normalized spacial score (nSPS) is 14.5. The molecule has 33 heavy (non-hydrogen) atoms. The highest BCUT2D eigenvalue weighted by Gasteiger charge is 2.22. The maximum absolute atomic E-state index is 11.8. The molecule has 1 aliphatic heterocycles. The average molecular weight is 441 g/mol. The summed E-state index contributed by atoms with van der Waals surface area (Å²) in [6.45, 7) is 5.63. The van der Waals surface area contributed by atoms with Crippen molar-refractivity contribution in [3.63, 3.8) is 0 Å². The number of aromatic nitrogens is 2. The average Bonchev–Trinajstić information content (AvgIpc) is 3.22. The number of hydrogen-bond donors (Lipinski definition) is 0. The van der Waals surface area contributed by atoms with Gasteiger partial charge in [-0.25, -0.2) is 4.98 Å². The fourth-order valence-electron chi connectivity index (χ4n) is 4.48. The maximum Gasteiger partial charge on any atom is 0.219 e. The Morgan fingerprint density at radius 2 is 1.67 bits per heavy atom. The number of pyridine rings is 1. The molecule has 0 radical (unpaired) electrons. The van der Waals surface area contributed by atoms with Gasteiger partial charge in [-0.1, -0.05) is 42.5 Å². The minimum atomic E-state index is 0.147. The summed E-state index contributed by atoms with van der Waals surface area (Å²) in [6, 6.07) is 22.7. The first kappa shape index (κ1) is 21.2. The van der Waals surface area contributed by atoms with Gasteiger partial charge in [0.05, 0.1) is 18.5 Å². The van der Waals surface area contributed by atoms with Crippen LogP contribution in [0, 0.1) is 0 Å². The standard InChI is InChI=1S/C27H28N4O2/c1-20(32)30-15-13-29(14-16-30)19-25-27(22-9-6-10-24(17-22)33-2)28-26-12-11-23(18-31(25)26)21-7-4-3-5-8-21/h3-12,17-18H,13-16,19H2,1-2H3. The Morgan fingerprint density at radius 1 is 0.909 bits per heavy atom. The molecule has 0 unspecified atom stereocenters. The zero-order valence-corrected chi connectivity index (χ0v) is 19.1. The summed E-state index contributed by atoms with van der Waals surface area (Å²) in [4.78, 5) is 21.1. The Balaban J connectivity index is 1.57. The number of carbonyl (C=O) groups excluding carboxylic acids is 1. The van der Waals surface area contributed by atoms with Gasteiger partial charge in [0.2, 0.25) is 5.91 Å². The largest absolute Gasteiger partial charge is 0.497 e. The quantitative estimate of drug-likeness (QED) is 0.463. The minimum absolute atomic E-state index is 0.147. The highest BCUT2D eigenvalue weighted by Crippen LogP contribution is 2.30. The van der Waals surface area contributed by atoms with E-state index < -0.39 is 0 Å². The van der Waals surface area contributed by atoms with Crippen LogP contribution in [0.4, 0.5) is 0 Å². The molecule has 6 heteroatoms. The van der Waals surface area contributed by atoms with E-state index in [4.69, 9.17) is 9.72 Å². The molecule has 0 atom stereocenters. The Hall–Kier alpha value is -3.64. The molecule has 2 aromatic carbocycles. The summed E-state index contributed by atoms with van der Waals surface area (Å²) >= 11 is 0. The molecule has 0 bridgehead atoms. The summed E-state index contributed by atoms with van der Waals surface area (Å²) in [5.41, 5.74) is 6.40. The fourth-order valence-corrected chi connectivity index (χ4v) is 4.48. The first-order valence-electron chi connectivity index (χ1n) is 11.3. The second kappa shape index (κ2) is 9.08. The predicted molar refractivity (Wildman–Crippen MR) is 130 cm³/mol. The zero-order valence-electron chi connectivity index (χ0n) is 19.1. The van der Waals surface area contributed by atoms with E-state index in [9.17, 15) is 4.79 Å². The fraction of sp³-hybridized carbons (Fsp3) is 0.259. The molecule has 0 saturated carbocycles. The number of ether oxygens (including phenoxy) is 1.